The molecular formula is C52H48N2. The van der Waals surface area contributed by atoms with Crippen LogP contribution >= 0.6 is 0 Å². The molecular weight excluding hydrogens is 653 g/mol. The van der Waals surface area contributed by atoms with E-state index < -0.39 is 0 Å². The van der Waals surface area contributed by atoms with E-state index in [1.807, 2.05) is 24.3 Å². The number of para-hydroxylation sites is 2. The van der Waals surface area contributed by atoms with Gasteiger partial charge in [0.2, 0.25) is 0 Å². The fourth-order valence-electron chi connectivity index (χ4n) is 8.05. The van der Waals surface area contributed by atoms with Gasteiger partial charge in [-0.2, -0.15) is 0 Å². The summed E-state index contributed by atoms with van der Waals surface area (Å²) in [5, 5.41) is 5.10. The summed E-state index contributed by atoms with van der Waals surface area (Å²) in [6.07, 6.45) is 21.4. The van der Waals surface area contributed by atoms with E-state index in [2.05, 4.69) is 168 Å². The van der Waals surface area contributed by atoms with Crippen LogP contribution in [-0.4, -0.2) is 9.13 Å². The number of aromatic nitrogens is 2. The lowest BCUT2D eigenvalue weighted by atomic mass is 10.0. The van der Waals surface area contributed by atoms with E-state index in [0.717, 1.165) is 25.7 Å². The number of allylic oxidation sites excluding steroid dienone is 6. The molecule has 2 heteroatoms. The third-order valence-corrected chi connectivity index (χ3v) is 10.8. The Hall–Kier alpha value is -6.12. The highest BCUT2D eigenvalue weighted by atomic mass is 15.0. The van der Waals surface area contributed by atoms with Gasteiger partial charge in [-0.15, -0.1) is 0 Å². The molecule has 0 amide bonds. The molecule has 8 rings (SSSR count). The molecule has 6 aromatic carbocycles. The summed E-state index contributed by atoms with van der Waals surface area (Å²) in [6, 6.07) is 50.0. The second kappa shape index (κ2) is 16.3. The summed E-state index contributed by atoms with van der Waals surface area (Å²) < 4.78 is 4.84. The van der Waals surface area contributed by atoms with Gasteiger partial charge < -0.3 is 9.13 Å². The molecule has 0 spiro atoms. The number of benzene rings is 6. The lowest BCUT2D eigenvalue weighted by Gasteiger charge is -2.10. The van der Waals surface area contributed by atoms with Crippen LogP contribution in [0.3, 0.4) is 0 Å². The monoisotopic (exact) mass is 700 g/mol. The largest absolute Gasteiger partial charge is 0.309 e. The van der Waals surface area contributed by atoms with Gasteiger partial charge in [-0.3, -0.25) is 0 Å². The van der Waals surface area contributed by atoms with Gasteiger partial charge in [-0.25, -0.2) is 0 Å². The van der Waals surface area contributed by atoms with Crippen molar-refractivity contribution >= 4 is 43.6 Å². The van der Waals surface area contributed by atoms with Crippen LogP contribution in [0.4, 0.5) is 0 Å². The quantitative estimate of drug-likeness (QED) is 0.0744. The molecule has 0 saturated heterocycles. The van der Waals surface area contributed by atoms with Crippen molar-refractivity contribution in [2.45, 2.75) is 51.4 Å². The van der Waals surface area contributed by atoms with Crippen LogP contribution in [0.2, 0.25) is 0 Å². The van der Waals surface area contributed by atoms with Gasteiger partial charge in [0.1, 0.15) is 0 Å². The van der Waals surface area contributed by atoms with Crippen LogP contribution in [0.25, 0.3) is 66.1 Å². The van der Waals surface area contributed by atoms with Gasteiger partial charge >= 0.3 is 0 Å². The van der Waals surface area contributed by atoms with Crippen LogP contribution in [0.1, 0.15) is 49.7 Å². The van der Waals surface area contributed by atoms with E-state index in [0.29, 0.717) is 0 Å². The minimum atomic E-state index is 1.10. The maximum absolute atomic E-state index is 3.76. The number of hydrogen-bond donors (Lipinski definition) is 0. The van der Waals surface area contributed by atoms with Crippen LogP contribution < -0.4 is 0 Å². The van der Waals surface area contributed by atoms with Crippen molar-refractivity contribution in [1.29, 1.82) is 0 Å². The smallest absolute Gasteiger partial charge is 0.0541 e. The summed E-state index contributed by atoms with van der Waals surface area (Å²) in [5.74, 6) is 0. The predicted molar refractivity (Wildman–Crippen MR) is 234 cm³/mol. The van der Waals surface area contributed by atoms with E-state index in [4.69, 9.17) is 0 Å². The Bertz CT molecular complexity index is 2440. The maximum atomic E-state index is 3.76. The molecule has 0 bridgehead atoms. The van der Waals surface area contributed by atoms with Crippen molar-refractivity contribution in [3.05, 3.63) is 194 Å². The Morgan fingerprint density at radius 3 is 1.24 bits per heavy atom. The molecule has 0 saturated carbocycles. The lowest BCUT2D eigenvalue weighted by Crippen LogP contribution is -1.95. The molecule has 54 heavy (non-hydrogen) atoms. The van der Waals surface area contributed by atoms with Gasteiger partial charge in [0.15, 0.2) is 0 Å². The van der Waals surface area contributed by atoms with E-state index in [9.17, 15) is 0 Å². The molecule has 0 aliphatic heterocycles. The molecule has 0 aliphatic rings. The van der Waals surface area contributed by atoms with Crippen LogP contribution in [0.5, 0.6) is 0 Å². The first-order valence-electron chi connectivity index (χ1n) is 19.5. The normalized spacial score (nSPS) is 11.9. The third kappa shape index (κ3) is 7.13. The first-order valence-corrected chi connectivity index (χ1v) is 19.5. The number of rotatable bonds is 15. The summed E-state index contributed by atoms with van der Waals surface area (Å²) in [6.45, 7) is 7.52. The molecule has 266 valence electrons. The van der Waals surface area contributed by atoms with E-state index in [-0.39, 0.29) is 0 Å². The molecule has 0 unspecified atom stereocenters. The number of fused-ring (bicyclic) bond motifs is 6. The fraction of sp³-hybridized carbons (Fsp3) is 0.154. The Kier molecular flexibility index (Phi) is 10.5. The highest BCUT2D eigenvalue weighted by Crippen LogP contribution is 2.38. The van der Waals surface area contributed by atoms with Gasteiger partial charge in [0.05, 0.1) is 22.1 Å². The summed E-state index contributed by atoms with van der Waals surface area (Å²) in [5.41, 5.74) is 12.6. The first kappa shape index (κ1) is 34.9. The lowest BCUT2D eigenvalue weighted by molar-refractivity contribution is 0.747. The summed E-state index contributed by atoms with van der Waals surface area (Å²) in [7, 11) is 0. The average molecular weight is 701 g/mol. The van der Waals surface area contributed by atoms with Crippen LogP contribution in [0.15, 0.2) is 183 Å². The van der Waals surface area contributed by atoms with Crippen LogP contribution in [0, 0.1) is 0 Å². The van der Waals surface area contributed by atoms with Crippen molar-refractivity contribution in [2.24, 2.45) is 0 Å². The Balaban J connectivity index is 1.10. The highest BCUT2D eigenvalue weighted by molar-refractivity contribution is 6.12. The van der Waals surface area contributed by atoms with E-state index in [1.54, 1.807) is 0 Å². The summed E-state index contributed by atoms with van der Waals surface area (Å²) in [4.78, 5) is 0. The van der Waals surface area contributed by atoms with Crippen LogP contribution in [-0.2, 0) is 12.8 Å². The van der Waals surface area contributed by atoms with Crippen molar-refractivity contribution in [1.82, 2.24) is 9.13 Å². The second-order valence-electron chi connectivity index (χ2n) is 14.3. The first-order chi connectivity index (χ1) is 26.7. The zero-order chi connectivity index (χ0) is 36.7. The Morgan fingerprint density at radius 1 is 0.407 bits per heavy atom. The molecule has 0 aliphatic carbocycles. The van der Waals surface area contributed by atoms with Crippen molar-refractivity contribution in [2.75, 3.05) is 0 Å². The number of hydrogen-bond acceptors (Lipinski definition) is 0. The van der Waals surface area contributed by atoms with Gasteiger partial charge in [-0.1, -0.05) is 122 Å². The van der Waals surface area contributed by atoms with Crippen molar-refractivity contribution < 1.29 is 0 Å². The van der Waals surface area contributed by atoms with Crippen molar-refractivity contribution in [3.63, 3.8) is 0 Å². The minimum Gasteiger partial charge on any atom is -0.309 e. The molecule has 0 fully saturated rings. The van der Waals surface area contributed by atoms with E-state index in [1.165, 1.54) is 103 Å². The van der Waals surface area contributed by atoms with Gasteiger partial charge in [-0.05, 0) is 134 Å². The Morgan fingerprint density at radius 2 is 0.815 bits per heavy atom. The number of unbranched alkanes of at least 4 members (excludes halogenated alkanes) is 4. The SMILES string of the molecule is C=CC=CCCCCc1ccc(-n2c3ccccc3c3cc(-c4ccc5c(c4)c4ccccc4n5-c4ccc(CCCCC=CC=C)cc4)ccc32)cc1. The van der Waals surface area contributed by atoms with Gasteiger partial charge in [0.25, 0.3) is 0 Å². The van der Waals surface area contributed by atoms with E-state index >= 15 is 0 Å². The number of aryl methyl sites for hydroxylation is 2. The predicted octanol–water partition coefficient (Wildman–Crippen LogP) is 14.5. The highest BCUT2D eigenvalue weighted by Gasteiger charge is 2.16. The summed E-state index contributed by atoms with van der Waals surface area (Å²) >= 11 is 0. The maximum Gasteiger partial charge on any atom is 0.0541 e. The molecule has 8 aromatic rings. The zero-order valence-corrected chi connectivity index (χ0v) is 31.1. The third-order valence-electron chi connectivity index (χ3n) is 10.8. The minimum absolute atomic E-state index is 1.10. The fourth-order valence-corrected chi connectivity index (χ4v) is 8.05. The molecule has 0 N–H and O–H groups in total. The zero-order valence-electron chi connectivity index (χ0n) is 31.1. The molecule has 2 aromatic heterocycles. The standard InChI is InChI=1S/C52H48N2/c1-3-5-7-9-11-13-19-39-25-31-43(32-26-39)53-49-23-17-15-21-45(49)47-37-41(29-35-51(47)53)42-30-36-52-48(38-42)46-22-16-18-24-50(46)54(52)44-33-27-40(28-34-44)20-14-12-10-8-6-4-2/h3-8,15-18,21-38H,1-2,9-14,19-20H2. The molecule has 2 nitrogen and oxygen atoms in total. The second-order valence-corrected chi connectivity index (χ2v) is 14.3. The molecule has 0 atom stereocenters. The average Bonchev–Trinajstić information content (AvgIpc) is 3.73. The Labute approximate surface area is 319 Å². The van der Waals surface area contributed by atoms with Crippen molar-refractivity contribution in [3.8, 4) is 22.5 Å². The molecule has 0 radical (unpaired) electrons. The topological polar surface area (TPSA) is 9.86 Å². The van der Waals surface area contributed by atoms with Gasteiger partial charge in [0, 0.05) is 32.9 Å². The molecule has 2 heterocycles. The number of nitrogens with zero attached hydrogens (tertiary/aromatic N) is 2.